The van der Waals surface area contributed by atoms with Crippen molar-refractivity contribution in [1.82, 2.24) is 4.90 Å². The number of ether oxygens (including phenoxy) is 1. The van der Waals surface area contributed by atoms with Gasteiger partial charge in [-0.15, -0.1) is 0 Å². The van der Waals surface area contributed by atoms with Crippen LogP contribution in [-0.4, -0.2) is 54.2 Å². The van der Waals surface area contributed by atoms with Crippen LogP contribution in [0.25, 0.3) is 0 Å². The highest BCUT2D eigenvalue weighted by Gasteiger charge is 2.37. The summed E-state index contributed by atoms with van der Waals surface area (Å²) in [7, 11) is 0. The van der Waals surface area contributed by atoms with Crippen molar-refractivity contribution in [3.63, 3.8) is 0 Å². The fraction of sp³-hybridized carbons (Fsp3) is 0.652. The lowest BCUT2D eigenvalue weighted by Crippen LogP contribution is -2.55. The molecule has 0 saturated carbocycles. The second-order valence-electron chi connectivity index (χ2n) is 9.73. The van der Waals surface area contributed by atoms with Crippen molar-refractivity contribution in [2.45, 2.75) is 72.2 Å². The minimum absolute atomic E-state index is 0.0333. The molecule has 1 saturated heterocycles. The van der Waals surface area contributed by atoms with Crippen LogP contribution in [0.4, 0.5) is 16.2 Å². The number of rotatable bonds is 1. The van der Waals surface area contributed by atoms with Gasteiger partial charge in [0.05, 0.1) is 0 Å². The van der Waals surface area contributed by atoms with Gasteiger partial charge in [-0.2, -0.15) is 0 Å². The Hall–Kier alpha value is -2.28. The summed E-state index contributed by atoms with van der Waals surface area (Å²) in [6, 6.07) is 6.17. The number of carbonyl (C=O) groups is 2. The van der Waals surface area contributed by atoms with Gasteiger partial charge < -0.3 is 25.2 Å². The van der Waals surface area contributed by atoms with Crippen molar-refractivity contribution in [3.8, 4) is 0 Å². The first-order chi connectivity index (χ1) is 13.9. The number of carbonyl (C=O) groups excluding carboxylic acids is 2. The number of amides is 2. The summed E-state index contributed by atoms with van der Waals surface area (Å²) in [5.41, 5.74) is 9.05. The molecular formula is C23H36N4O3. The molecule has 0 spiro atoms. The molecule has 2 aliphatic rings. The molecule has 3 rings (SSSR count). The summed E-state index contributed by atoms with van der Waals surface area (Å²) in [6.07, 6.45) is -0.262. The molecule has 0 radical (unpaired) electrons. The van der Waals surface area contributed by atoms with Crippen molar-refractivity contribution in [2.75, 3.05) is 29.4 Å². The number of nitrogens with zero attached hydrogens (tertiary/aromatic N) is 3. The first kappa shape index (κ1) is 22.4. The minimum atomic E-state index is -0.501. The molecule has 2 unspecified atom stereocenters. The van der Waals surface area contributed by atoms with Crippen molar-refractivity contribution >= 4 is 23.4 Å². The van der Waals surface area contributed by atoms with E-state index in [1.54, 1.807) is 11.8 Å². The molecule has 1 aromatic rings. The largest absolute Gasteiger partial charge is 0.444 e. The molecule has 1 fully saturated rings. The highest BCUT2D eigenvalue weighted by Crippen LogP contribution is 2.41. The Kier molecular flexibility index (Phi) is 6.05. The molecule has 0 bridgehead atoms. The number of hydrogen-bond donors (Lipinski definition) is 1. The summed E-state index contributed by atoms with van der Waals surface area (Å²) in [5.74, 6) is 0.203. The first-order valence-corrected chi connectivity index (χ1v) is 10.8. The molecule has 1 aromatic carbocycles. The van der Waals surface area contributed by atoms with E-state index in [0.29, 0.717) is 6.54 Å². The Balaban J connectivity index is 1.81. The van der Waals surface area contributed by atoms with Crippen molar-refractivity contribution in [3.05, 3.63) is 23.8 Å². The van der Waals surface area contributed by atoms with Gasteiger partial charge in [-0.1, -0.05) is 6.92 Å². The summed E-state index contributed by atoms with van der Waals surface area (Å²) in [5, 5.41) is 0. The summed E-state index contributed by atoms with van der Waals surface area (Å²) >= 11 is 0. The molecule has 166 valence electrons. The fourth-order valence-electron chi connectivity index (χ4n) is 4.50. The van der Waals surface area contributed by atoms with E-state index < -0.39 is 5.60 Å². The number of anilines is 2. The number of piperazine rings is 1. The van der Waals surface area contributed by atoms with Crippen molar-refractivity contribution < 1.29 is 14.3 Å². The molecule has 0 aliphatic carbocycles. The molecule has 2 heterocycles. The van der Waals surface area contributed by atoms with Crippen LogP contribution in [0.3, 0.4) is 0 Å². The Morgan fingerprint density at radius 3 is 2.37 bits per heavy atom. The fourth-order valence-corrected chi connectivity index (χ4v) is 4.50. The summed E-state index contributed by atoms with van der Waals surface area (Å²) < 4.78 is 5.55. The van der Waals surface area contributed by atoms with Crippen LogP contribution in [0, 0.1) is 5.92 Å². The van der Waals surface area contributed by atoms with Crippen LogP contribution < -0.4 is 15.5 Å². The van der Waals surface area contributed by atoms with Gasteiger partial charge in [0.2, 0.25) is 5.91 Å². The van der Waals surface area contributed by atoms with Crippen molar-refractivity contribution in [1.29, 1.82) is 0 Å². The predicted molar refractivity (Wildman–Crippen MR) is 120 cm³/mol. The molecule has 30 heavy (non-hydrogen) atoms. The highest BCUT2D eigenvalue weighted by molar-refractivity contribution is 5.94. The maximum absolute atomic E-state index is 12.5. The number of hydrogen-bond acceptors (Lipinski definition) is 5. The monoisotopic (exact) mass is 416 g/mol. The van der Waals surface area contributed by atoms with E-state index in [-0.39, 0.29) is 36.0 Å². The van der Waals surface area contributed by atoms with E-state index in [2.05, 4.69) is 30.9 Å². The van der Waals surface area contributed by atoms with Crippen LogP contribution in [-0.2, 0) is 9.53 Å². The van der Waals surface area contributed by atoms with E-state index >= 15 is 0 Å². The van der Waals surface area contributed by atoms with Gasteiger partial charge in [-0.3, -0.25) is 4.79 Å². The van der Waals surface area contributed by atoms with E-state index in [1.165, 1.54) is 0 Å². The summed E-state index contributed by atoms with van der Waals surface area (Å²) in [4.78, 5) is 30.7. The van der Waals surface area contributed by atoms with Crippen LogP contribution in [0.15, 0.2) is 18.2 Å². The Morgan fingerprint density at radius 2 is 1.80 bits per heavy atom. The maximum atomic E-state index is 12.5. The number of nitrogens with two attached hydrogens (primary N) is 1. The van der Waals surface area contributed by atoms with Crippen LogP contribution in [0.2, 0.25) is 0 Å². The smallest absolute Gasteiger partial charge is 0.410 e. The predicted octanol–water partition coefficient (Wildman–Crippen LogP) is 3.52. The lowest BCUT2D eigenvalue weighted by molar-refractivity contribution is -0.117. The van der Waals surface area contributed by atoms with E-state index in [9.17, 15) is 9.59 Å². The Labute approximate surface area is 180 Å². The van der Waals surface area contributed by atoms with Gasteiger partial charge in [-0.05, 0) is 64.3 Å². The molecule has 2 N–H and O–H groups in total. The third-order valence-electron chi connectivity index (χ3n) is 6.32. The van der Waals surface area contributed by atoms with Crippen LogP contribution >= 0.6 is 0 Å². The standard InChI is InChI=1S/C23H36N4O3/c1-14-13-25(10-11-26(14)22(29)30-23(5,6)7)18-8-9-20-19(12-18)21(24)15(2)16(3)27(20)17(4)28/h8-9,12,14-16,21H,10-11,13,24H2,1-7H3/t14?,15?,16-,21+/m0/s1. The van der Waals surface area contributed by atoms with Crippen LogP contribution in [0.1, 0.15) is 60.1 Å². The summed E-state index contributed by atoms with van der Waals surface area (Å²) in [6.45, 7) is 15.5. The van der Waals surface area contributed by atoms with Gasteiger partial charge in [0.15, 0.2) is 0 Å². The van der Waals surface area contributed by atoms with E-state index in [0.717, 1.165) is 30.0 Å². The topological polar surface area (TPSA) is 79.1 Å². The third-order valence-corrected chi connectivity index (χ3v) is 6.32. The molecule has 2 amide bonds. The SMILES string of the molecule is CC(=O)N1c2ccc(N3CCN(C(=O)OC(C)(C)C)C(C)C3)cc2[C@H](N)C(C)[C@@H]1C. The Morgan fingerprint density at radius 1 is 1.13 bits per heavy atom. The van der Waals surface area contributed by atoms with Crippen molar-refractivity contribution in [2.24, 2.45) is 11.7 Å². The minimum Gasteiger partial charge on any atom is -0.444 e. The zero-order valence-electron chi connectivity index (χ0n) is 19.3. The van der Waals surface area contributed by atoms with Gasteiger partial charge in [0.25, 0.3) is 0 Å². The average Bonchev–Trinajstić information content (AvgIpc) is 2.64. The van der Waals surface area contributed by atoms with E-state index in [1.807, 2.05) is 38.7 Å². The lowest BCUT2D eigenvalue weighted by Gasteiger charge is -2.44. The van der Waals surface area contributed by atoms with Gasteiger partial charge >= 0.3 is 6.09 Å². The lowest BCUT2D eigenvalue weighted by atomic mass is 9.83. The zero-order chi connectivity index (χ0) is 22.4. The molecule has 7 heteroatoms. The van der Waals surface area contributed by atoms with Crippen LogP contribution in [0.5, 0.6) is 0 Å². The average molecular weight is 417 g/mol. The van der Waals surface area contributed by atoms with E-state index in [4.69, 9.17) is 10.5 Å². The molecule has 0 aromatic heterocycles. The second-order valence-corrected chi connectivity index (χ2v) is 9.73. The van der Waals surface area contributed by atoms with Gasteiger partial charge in [0.1, 0.15) is 5.60 Å². The van der Waals surface area contributed by atoms with Gasteiger partial charge in [-0.25, -0.2) is 4.79 Å². The number of fused-ring (bicyclic) bond motifs is 1. The molecule has 7 nitrogen and oxygen atoms in total. The Bertz CT molecular complexity index is 819. The second kappa shape index (κ2) is 8.10. The normalized spacial score (nSPS) is 27.0. The van der Waals surface area contributed by atoms with Gasteiger partial charge in [0, 0.05) is 56.1 Å². The third kappa shape index (κ3) is 4.26. The molecule has 4 atom stereocenters. The first-order valence-electron chi connectivity index (χ1n) is 10.8. The molecule has 2 aliphatic heterocycles. The number of benzene rings is 1. The quantitative estimate of drug-likeness (QED) is 0.758. The highest BCUT2D eigenvalue weighted by atomic mass is 16.6. The zero-order valence-corrected chi connectivity index (χ0v) is 19.3. The maximum Gasteiger partial charge on any atom is 0.410 e. The molecular weight excluding hydrogens is 380 g/mol.